The molecular formula is C14H14Br2N4O3. The Morgan fingerprint density at radius 1 is 1.39 bits per heavy atom. The van der Waals surface area contributed by atoms with Gasteiger partial charge < -0.3 is 15.2 Å². The van der Waals surface area contributed by atoms with Crippen molar-refractivity contribution >= 4 is 37.8 Å². The zero-order valence-electron chi connectivity index (χ0n) is 12.2. The van der Waals surface area contributed by atoms with Crippen molar-refractivity contribution in [1.82, 2.24) is 15.4 Å². The molecule has 0 radical (unpaired) electrons. The standard InChI is InChI=1S/C14H14Br2N4O3/c1-3-5-23-13-8(22-4-2)6-7(9(15)10(13)16)11-12(14(17)21)19-20-18-11/h3,6H,1,4-5H2,2H3,(H2,17,21)(H,18,19,20). The average molecular weight is 446 g/mol. The molecule has 0 unspecified atom stereocenters. The first-order valence-electron chi connectivity index (χ1n) is 6.60. The lowest BCUT2D eigenvalue weighted by Crippen LogP contribution is -2.13. The van der Waals surface area contributed by atoms with Crippen molar-refractivity contribution in [3.8, 4) is 22.8 Å². The summed E-state index contributed by atoms with van der Waals surface area (Å²) in [6, 6.07) is 1.71. The predicted molar refractivity (Wildman–Crippen MR) is 92.6 cm³/mol. The first-order chi connectivity index (χ1) is 11.0. The summed E-state index contributed by atoms with van der Waals surface area (Å²) in [6.45, 7) is 6.25. The third-order valence-electron chi connectivity index (χ3n) is 2.81. The molecule has 0 saturated carbocycles. The van der Waals surface area contributed by atoms with E-state index in [0.717, 1.165) is 0 Å². The smallest absolute Gasteiger partial charge is 0.271 e. The Morgan fingerprint density at radius 3 is 2.74 bits per heavy atom. The molecule has 7 nitrogen and oxygen atoms in total. The van der Waals surface area contributed by atoms with Crippen LogP contribution in [0.3, 0.4) is 0 Å². The summed E-state index contributed by atoms with van der Waals surface area (Å²) in [4.78, 5) is 11.5. The molecule has 1 aromatic carbocycles. The summed E-state index contributed by atoms with van der Waals surface area (Å²) >= 11 is 6.94. The molecule has 0 aliphatic heterocycles. The van der Waals surface area contributed by atoms with E-state index in [1.165, 1.54) is 0 Å². The van der Waals surface area contributed by atoms with Gasteiger partial charge >= 0.3 is 0 Å². The highest BCUT2D eigenvalue weighted by Crippen LogP contribution is 2.46. The van der Waals surface area contributed by atoms with Gasteiger partial charge in [-0.25, -0.2) is 0 Å². The van der Waals surface area contributed by atoms with Crippen LogP contribution >= 0.6 is 31.9 Å². The highest BCUT2D eigenvalue weighted by molar-refractivity contribution is 9.13. The summed E-state index contributed by atoms with van der Waals surface area (Å²) in [7, 11) is 0. The summed E-state index contributed by atoms with van der Waals surface area (Å²) < 4.78 is 12.5. The molecule has 1 aromatic heterocycles. The van der Waals surface area contributed by atoms with Gasteiger partial charge in [-0.3, -0.25) is 4.79 Å². The van der Waals surface area contributed by atoms with Crippen LogP contribution in [0.2, 0.25) is 0 Å². The van der Waals surface area contributed by atoms with Gasteiger partial charge in [0, 0.05) is 10.0 Å². The van der Waals surface area contributed by atoms with Crippen LogP contribution in [0.1, 0.15) is 17.4 Å². The number of primary amides is 1. The lowest BCUT2D eigenvalue weighted by molar-refractivity contribution is 0.0996. The van der Waals surface area contributed by atoms with E-state index in [-0.39, 0.29) is 5.69 Å². The third kappa shape index (κ3) is 3.56. The normalized spacial score (nSPS) is 10.4. The number of benzene rings is 1. The molecule has 0 aliphatic carbocycles. The fourth-order valence-electron chi connectivity index (χ4n) is 1.89. The van der Waals surface area contributed by atoms with Gasteiger partial charge in [0.15, 0.2) is 17.2 Å². The van der Waals surface area contributed by atoms with Crippen LogP contribution in [0.25, 0.3) is 11.3 Å². The molecule has 0 fully saturated rings. The number of aromatic amines is 1. The molecule has 2 aromatic rings. The Bertz CT molecular complexity index is 746. The number of aromatic nitrogens is 3. The molecular weight excluding hydrogens is 432 g/mol. The number of hydrogen-bond donors (Lipinski definition) is 2. The zero-order valence-corrected chi connectivity index (χ0v) is 15.4. The van der Waals surface area contributed by atoms with Gasteiger partial charge in [0.25, 0.3) is 5.91 Å². The van der Waals surface area contributed by atoms with E-state index >= 15 is 0 Å². The first kappa shape index (κ1) is 17.5. The topological polar surface area (TPSA) is 103 Å². The molecule has 0 aliphatic rings. The number of nitrogens with one attached hydrogen (secondary N) is 1. The lowest BCUT2D eigenvalue weighted by Gasteiger charge is -2.16. The molecule has 0 saturated heterocycles. The Balaban J connectivity index is 2.63. The molecule has 0 spiro atoms. The minimum absolute atomic E-state index is 0.0415. The lowest BCUT2D eigenvalue weighted by atomic mass is 10.1. The van der Waals surface area contributed by atoms with Crippen LogP contribution in [0.15, 0.2) is 27.7 Å². The number of hydrogen-bond acceptors (Lipinski definition) is 5. The second-order valence-electron chi connectivity index (χ2n) is 4.30. The van der Waals surface area contributed by atoms with Gasteiger partial charge in [0.1, 0.15) is 12.3 Å². The predicted octanol–water partition coefficient (Wildman–Crippen LogP) is 3.06. The van der Waals surface area contributed by atoms with Crippen LogP contribution in [-0.4, -0.2) is 34.5 Å². The molecule has 1 heterocycles. The quantitative estimate of drug-likeness (QED) is 0.637. The second kappa shape index (κ2) is 7.60. The van der Waals surface area contributed by atoms with Gasteiger partial charge in [-0.2, -0.15) is 15.4 Å². The number of amides is 1. The van der Waals surface area contributed by atoms with Gasteiger partial charge in [-0.15, -0.1) is 0 Å². The number of carbonyl (C=O) groups is 1. The van der Waals surface area contributed by atoms with Crippen LogP contribution < -0.4 is 15.2 Å². The van der Waals surface area contributed by atoms with Crippen molar-refractivity contribution in [3.63, 3.8) is 0 Å². The van der Waals surface area contributed by atoms with E-state index in [1.807, 2.05) is 6.92 Å². The summed E-state index contributed by atoms with van der Waals surface area (Å²) in [5.74, 6) is 0.339. The molecule has 9 heteroatoms. The van der Waals surface area contributed by atoms with Gasteiger partial charge in [0.2, 0.25) is 0 Å². The Labute approximate surface area is 149 Å². The monoisotopic (exact) mass is 444 g/mol. The van der Waals surface area contributed by atoms with E-state index < -0.39 is 5.91 Å². The number of H-pyrrole nitrogens is 1. The number of ether oxygens (including phenoxy) is 2. The van der Waals surface area contributed by atoms with Crippen molar-refractivity contribution in [1.29, 1.82) is 0 Å². The molecule has 122 valence electrons. The van der Waals surface area contributed by atoms with E-state index in [9.17, 15) is 4.79 Å². The Morgan fingerprint density at radius 2 is 2.13 bits per heavy atom. The van der Waals surface area contributed by atoms with Gasteiger partial charge in [0.05, 0.1) is 11.1 Å². The van der Waals surface area contributed by atoms with Crippen molar-refractivity contribution in [2.24, 2.45) is 5.73 Å². The van der Waals surface area contributed by atoms with Crippen molar-refractivity contribution < 1.29 is 14.3 Å². The highest BCUT2D eigenvalue weighted by Gasteiger charge is 2.23. The van der Waals surface area contributed by atoms with Crippen LogP contribution in [-0.2, 0) is 0 Å². The maximum absolute atomic E-state index is 11.5. The fourth-order valence-corrected chi connectivity index (χ4v) is 2.89. The highest BCUT2D eigenvalue weighted by atomic mass is 79.9. The minimum atomic E-state index is -0.679. The summed E-state index contributed by atoms with van der Waals surface area (Å²) in [5, 5.41) is 10.2. The minimum Gasteiger partial charge on any atom is -0.490 e. The van der Waals surface area contributed by atoms with E-state index in [4.69, 9.17) is 15.2 Å². The van der Waals surface area contributed by atoms with E-state index in [2.05, 4.69) is 53.8 Å². The fraction of sp³-hybridized carbons (Fsp3) is 0.214. The molecule has 3 N–H and O–H groups in total. The molecule has 0 bridgehead atoms. The van der Waals surface area contributed by atoms with Crippen molar-refractivity contribution in [2.45, 2.75) is 6.92 Å². The van der Waals surface area contributed by atoms with E-state index in [1.54, 1.807) is 12.1 Å². The van der Waals surface area contributed by atoms with Gasteiger partial charge in [-0.05, 0) is 44.8 Å². The number of rotatable bonds is 7. The van der Waals surface area contributed by atoms with Crippen LogP contribution in [0.4, 0.5) is 0 Å². The first-order valence-corrected chi connectivity index (χ1v) is 8.19. The molecule has 2 rings (SSSR count). The Hall–Kier alpha value is -1.87. The number of halogens is 2. The van der Waals surface area contributed by atoms with Crippen LogP contribution in [0, 0.1) is 0 Å². The van der Waals surface area contributed by atoms with Gasteiger partial charge in [-0.1, -0.05) is 12.7 Å². The summed E-state index contributed by atoms with van der Waals surface area (Å²) in [5.41, 5.74) is 6.28. The summed E-state index contributed by atoms with van der Waals surface area (Å²) in [6.07, 6.45) is 1.63. The molecule has 0 atom stereocenters. The number of carbonyl (C=O) groups excluding carboxylic acids is 1. The van der Waals surface area contributed by atoms with E-state index in [0.29, 0.717) is 44.9 Å². The zero-order chi connectivity index (χ0) is 17.0. The third-order valence-corrected chi connectivity index (χ3v) is 4.92. The number of nitrogens with zero attached hydrogens (tertiary/aromatic N) is 2. The van der Waals surface area contributed by atoms with Crippen molar-refractivity contribution in [2.75, 3.05) is 13.2 Å². The van der Waals surface area contributed by atoms with Crippen LogP contribution in [0.5, 0.6) is 11.5 Å². The maximum Gasteiger partial charge on any atom is 0.271 e. The molecule has 1 amide bonds. The van der Waals surface area contributed by atoms with Crippen molar-refractivity contribution in [3.05, 3.63) is 33.4 Å². The SMILES string of the molecule is C=CCOc1c(OCC)cc(-c2n[nH]nc2C(N)=O)c(Br)c1Br. The maximum atomic E-state index is 11.5. The largest absolute Gasteiger partial charge is 0.490 e. The second-order valence-corrected chi connectivity index (χ2v) is 5.88. The number of nitrogens with two attached hydrogens (primary N) is 1. The average Bonchev–Trinajstić information content (AvgIpc) is 3.00. The molecule has 23 heavy (non-hydrogen) atoms. The Kier molecular flexibility index (Phi) is 5.78.